The van der Waals surface area contributed by atoms with Gasteiger partial charge in [-0.05, 0) is 25.0 Å². The van der Waals surface area contributed by atoms with Crippen molar-refractivity contribution in [1.82, 2.24) is 5.32 Å². The van der Waals surface area contributed by atoms with E-state index in [-0.39, 0.29) is 17.4 Å². The third-order valence-corrected chi connectivity index (χ3v) is 3.60. The van der Waals surface area contributed by atoms with Crippen LogP contribution in [0.5, 0.6) is 0 Å². The molecule has 14 heavy (non-hydrogen) atoms. The Morgan fingerprint density at radius 3 is 2.79 bits per heavy atom. The van der Waals surface area contributed by atoms with E-state index in [0.29, 0.717) is 0 Å². The zero-order valence-corrected chi connectivity index (χ0v) is 7.95. The summed E-state index contributed by atoms with van der Waals surface area (Å²) in [4.78, 5) is 11.6. The quantitative estimate of drug-likeness (QED) is 0.690. The summed E-state index contributed by atoms with van der Waals surface area (Å²) in [6, 6.07) is 3.96. The molecule has 1 spiro atoms. The lowest BCUT2D eigenvalue weighted by molar-refractivity contribution is -0.146. The highest BCUT2D eigenvalue weighted by molar-refractivity contribution is 5.90. The molecule has 74 valence electrons. The van der Waals surface area contributed by atoms with E-state index in [1.165, 1.54) is 12.8 Å². The fourth-order valence-electron chi connectivity index (χ4n) is 2.79. The standard InChI is InChI=1S/C11H13NO2/c13-10-11(5-1-2-6-11)9(12-10)8-4-3-7-14-8/h3-4,7,9H,1-2,5-6H2,(H,12,13). The van der Waals surface area contributed by atoms with Gasteiger partial charge < -0.3 is 9.73 Å². The molecule has 1 amide bonds. The van der Waals surface area contributed by atoms with Crippen molar-refractivity contribution in [2.45, 2.75) is 31.7 Å². The number of hydrogen-bond acceptors (Lipinski definition) is 2. The number of rotatable bonds is 1. The first-order valence-electron chi connectivity index (χ1n) is 5.17. The Balaban J connectivity index is 1.93. The number of hydrogen-bond donors (Lipinski definition) is 1. The van der Waals surface area contributed by atoms with Gasteiger partial charge >= 0.3 is 0 Å². The molecule has 1 aliphatic carbocycles. The minimum absolute atomic E-state index is 0.127. The van der Waals surface area contributed by atoms with Crippen molar-refractivity contribution in [2.24, 2.45) is 5.41 Å². The number of amides is 1. The average molecular weight is 191 g/mol. The number of β-lactam (4-membered cyclic amide) rings is 1. The van der Waals surface area contributed by atoms with Crippen molar-refractivity contribution >= 4 is 5.91 Å². The van der Waals surface area contributed by atoms with Crippen LogP contribution < -0.4 is 5.32 Å². The Morgan fingerprint density at radius 1 is 1.43 bits per heavy atom. The highest BCUT2D eigenvalue weighted by Crippen LogP contribution is 2.53. The number of carbonyl (C=O) groups excluding carboxylic acids is 1. The van der Waals surface area contributed by atoms with E-state index >= 15 is 0 Å². The predicted octanol–water partition coefficient (Wildman–Crippen LogP) is 2.01. The fourth-order valence-corrected chi connectivity index (χ4v) is 2.79. The van der Waals surface area contributed by atoms with E-state index in [2.05, 4.69) is 5.32 Å². The lowest BCUT2D eigenvalue weighted by atomic mass is 9.70. The molecular weight excluding hydrogens is 178 g/mol. The number of furan rings is 1. The molecule has 3 nitrogen and oxygen atoms in total. The maximum Gasteiger partial charge on any atom is 0.229 e. The van der Waals surface area contributed by atoms with Crippen LogP contribution >= 0.6 is 0 Å². The molecule has 1 aliphatic heterocycles. The van der Waals surface area contributed by atoms with Crippen molar-refractivity contribution in [3.63, 3.8) is 0 Å². The van der Waals surface area contributed by atoms with Gasteiger partial charge in [0.2, 0.25) is 5.91 Å². The van der Waals surface area contributed by atoms with Gasteiger partial charge in [0.15, 0.2) is 0 Å². The summed E-state index contributed by atoms with van der Waals surface area (Å²) in [7, 11) is 0. The molecule has 1 unspecified atom stereocenters. The number of nitrogens with one attached hydrogen (secondary N) is 1. The Labute approximate surface area is 82.5 Å². The Hall–Kier alpha value is -1.25. The van der Waals surface area contributed by atoms with E-state index in [1.807, 2.05) is 12.1 Å². The normalized spacial score (nSPS) is 28.9. The topological polar surface area (TPSA) is 42.2 Å². The first-order chi connectivity index (χ1) is 6.83. The molecule has 3 heteroatoms. The van der Waals surface area contributed by atoms with Crippen LogP contribution in [-0.2, 0) is 4.79 Å². The molecule has 1 saturated heterocycles. The highest BCUT2D eigenvalue weighted by Gasteiger charge is 2.57. The highest BCUT2D eigenvalue weighted by atomic mass is 16.3. The summed E-state index contributed by atoms with van der Waals surface area (Å²) < 4.78 is 5.36. The van der Waals surface area contributed by atoms with Crippen LogP contribution in [0.3, 0.4) is 0 Å². The van der Waals surface area contributed by atoms with Crippen LogP contribution in [0.2, 0.25) is 0 Å². The SMILES string of the molecule is O=C1NC(c2ccco2)C12CCCC2. The molecule has 3 rings (SSSR count). The average Bonchev–Trinajstić information content (AvgIpc) is 2.85. The van der Waals surface area contributed by atoms with Crippen LogP contribution in [0.4, 0.5) is 0 Å². The molecule has 1 atom stereocenters. The Morgan fingerprint density at radius 2 is 2.21 bits per heavy atom. The molecule has 1 N–H and O–H groups in total. The Kier molecular flexibility index (Phi) is 1.52. The zero-order chi connectivity index (χ0) is 9.60. The molecule has 0 bridgehead atoms. The summed E-state index contributed by atoms with van der Waals surface area (Å²) in [6.45, 7) is 0. The van der Waals surface area contributed by atoms with Gasteiger partial charge in [-0.1, -0.05) is 12.8 Å². The van der Waals surface area contributed by atoms with Crippen LogP contribution in [0.1, 0.15) is 37.5 Å². The van der Waals surface area contributed by atoms with Gasteiger partial charge in [-0.3, -0.25) is 4.79 Å². The van der Waals surface area contributed by atoms with Crippen LogP contribution in [-0.4, -0.2) is 5.91 Å². The van der Waals surface area contributed by atoms with Gasteiger partial charge in [0, 0.05) is 0 Å². The first-order valence-corrected chi connectivity index (χ1v) is 5.17. The van der Waals surface area contributed by atoms with E-state index < -0.39 is 0 Å². The second-order valence-corrected chi connectivity index (χ2v) is 4.29. The van der Waals surface area contributed by atoms with Gasteiger partial charge in [0.1, 0.15) is 11.8 Å². The second-order valence-electron chi connectivity index (χ2n) is 4.29. The van der Waals surface area contributed by atoms with E-state index in [1.54, 1.807) is 6.26 Å². The summed E-state index contributed by atoms with van der Waals surface area (Å²) in [5.41, 5.74) is -0.127. The minimum Gasteiger partial charge on any atom is -0.467 e. The van der Waals surface area contributed by atoms with Crippen LogP contribution in [0, 0.1) is 5.41 Å². The van der Waals surface area contributed by atoms with E-state index in [4.69, 9.17) is 4.42 Å². The third-order valence-electron chi connectivity index (χ3n) is 3.60. The minimum atomic E-state index is -0.127. The van der Waals surface area contributed by atoms with Gasteiger partial charge in [0.25, 0.3) is 0 Å². The summed E-state index contributed by atoms with van der Waals surface area (Å²) in [5.74, 6) is 1.13. The summed E-state index contributed by atoms with van der Waals surface area (Å²) in [6.07, 6.45) is 6.05. The molecule has 0 radical (unpaired) electrons. The zero-order valence-electron chi connectivity index (χ0n) is 7.95. The van der Waals surface area contributed by atoms with Crippen molar-refractivity contribution < 1.29 is 9.21 Å². The monoisotopic (exact) mass is 191 g/mol. The fraction of sp³-hybridized carbons (Fsp3) is 0.545. The number of carbonyl (C=O) groups is 1. The molecule has 0 aromatic carbocycles. The lowest BCUT2D eigenvalue weighted by Crippen LogP contribution is -2.59. The van der Waals surface area contributed by atoms with Crippen molar-refractivity contribution in [1.29, 1.82) is 0 Å². The van der Waals surface area contributed by atoms with Gasteiger partial charge in [-0.15, -0.1) is 0 Å². The predicted molar refractivity (Wildman–Crippen MR) is 50.5 cm³/mol. The molecular formula is C11H13NO2. The molecule has 2 aliphatic rings. The summed E-state index contributed by atoms with van der Waals surface area (Å²) >= 11 is 0. The van der Waals surface area contributed by atoms with Gasteiger partial charge in [-0.2, -0.15) is 0 Å². The van der Waals surface area contributed by atoms with Gasteiger partial charge in [-0.25, -0.2) is 0 Å². The van der Waals surface area contributed by atoms with Crippen molar-refractivity contribution in [3.05, 3.63) is 24.2 Å². The lowest BCUT2D eigenvalue weighted by Gasteiger charge is -2.45. The van der Waals surface area contributed by atoms with Crippen molar-refractivity contribution in [3.8, 4) is 0 Å². The first kappa shape index (κ1) is 8.09. The third kappa shape index (κ3) is 0.846. The van der Waals surface area contributed by atoms with Gasteiger partial charge in [0.05, 0.1) is 11.7 Å². The molecule has 2 heterocycles. The van der Waals surface area contributed by atoms with E-state index in [9.17, 15) is 4.79 Å². The smallest absolute Gasteiger partial charge is 0.229 e. The largest absolute Gasteiger partial charge is 0.467 e. The van der Waals surface area contributed by atoms with Crippen LogP contribution in [0.25, 0.3) is 0 Å². The molecule has 1 aromatic rings. The summed E-state index contributed by atoms with van der Waals surface area (Å²) in [5, 5.41) is 2.95. The van der Waals surface area contributed by atoms with Crippen molar-refractivity contribution in [2.75, 3.05) is 0 Å². The Bertz CT molecular complexity index is 349. The maximum absolute atomic E-state index is 11.6. The second kappa shape index (κ2) is 2.62. The van der Waals surface area contributed by atoms with E-state index in [0.717, 1.165) is 18.6 Å². The maximum atomic E-state index is 11.6. The van der Waals surface area contributed by atoms with Crippen LogP contribution in [0.15, 0.2) is 22.8 Å². The molecule has 2 fully saturated rings. The molecule has 1 aromatic heterocycles. The molecule has 1 saturated carbocycles.